The van der Waals surface area contributed by atoms with Crippen LogP contribution in [0.5, 0.6) is 11.5 Å². The van der Waals surface area contributed by atoms with E-state index in [2.05, 4.69) is 19.2 Å². The van der Waals surface area contributed by atoms with Crippen molar-refractivity contribution in [1.29, 1.82) is 0 Å². The lowest BCUT2D eigenvalue weighted by molar-refractivity contribution is -0.121. The third kappa shape index (κ3) is 4.95. The quantitative estimate of drug-likeness (QED) is 0.669. The fraction of sp³-hybridized carbons (Fsp3) is 0.435. The number of fused-ring (bicyclic) bond motifs is 1. The zero-order chi connectivity index (χ0) is 22.6. The molecule has 0 radical (unpaired) electrons. The van der Waals surface area contributed by atoms with Crippen molar-refractivity contribution in [1.82, 2.24) is 5.32 Å². The molecular formula is C23H30N2O5S. The van der Waals surface area contributed by atoms with Crippen LogP contribution in [0.15, 0.2) is 48.5 Å². The van der Waals surface area contributed by atoms with Gasteiger partial charge in [-0.3, -0.25) is 9.10 Å². The number of nitrogens with one attached hydrogen (secondary N) is 1. The first-order valence-corrected chi connectivity index (χ1v) is 12.3. The van der Waals surface area contributed by atoms with E-state index in [0.717, 1.165) is 34.7 Å². The number of ether oxygens (including phenoxy) is 2. The van der Waals surface area contributed by atoms with Gasteiger partial charge in [-0.1, -0.05) is 44.2 Å². The number of carbonyl (C=O) groups excluding carboxylic acids is 1. The van der Waals surface area contributed by atoms with E-state index in [1.165, 1.54) is 7.11 Å². The summed E-state index contributed by atoms with van der Waals surface area (Å²) in [4.78, 5) is 13.0. The maximum Gasteiger partial charge on any atom is 0.241 e. The maximum absolute atomic E-state index is 13.0. The molecule has 2 aromatic rings. The van der Waals surface area contributed by atoms with Crippen molar-refractivity contribution in [2.45, 2.75) is 44.8 Å². The summed E-state index contributed by atoms with van der Waals surface area (Å²) in [5.74, 6) is 0.750. The fourth-order valence-electron chi connectivity index (χ4n) is 4.02. The van der Waals surface area contributed by atoms with Crippen molar-refractivity contribution >= 4 is 21.6 Å². The summed E-state index contributed by atoms with van der Waals surface area (Å²) >= 11 is 0. The van der Waals surface area contributed by atoms with E-state index in [0.29, 0.717) is 17.9 Å². The van der Waals surface area contributed by atoms with Gasteiger partial charge in [-0.05, 0) is 31.0 Å². The predicted octanol–water partition coefficient (Wildman–Crippen LogP) is 3.66. The first-order valence-electron chi connectivity index (χ1n) is 10.4. The Morgan fingerprint density at radius 1 is 1.16 bits per heavy atom. The Morgan fingerprint density at radius 3 is 2.45 bits per heavy atom. The van der Waals surface area contributed by atoms with E-state index in [-0.39, 0.29) is 24.1 Å². The first kappa shape index (κ1) is 22.9. The Bertz CT molecular complexity index is 1030. The smallest absolute Gasteiger partial charge is 0.241 e. The molecule has 1 aliphatic rings. The Hall–Kier alpha value is -2.74. The van der Waals surface area contributed by atoms with Gasteiger partial charge >= 0.3 is 0 Å². The van der Waals surface area contributed by atoms with E-state index in [1.54, 1.807) is 24.3 Å². The molecule has 0 aromatic heterocycles. The monoisotopic (exact) mass is 446 g/mol. The molecule has 3 rings (SSSR count). The molecule has 0 fully saturated rings. The number of hydrogen-bond acceptors (Lipinski definition) is 5. The topological polar surface area (TPSA) is 84.9 Å². The molecule has 1 amide bonds. The molecule has 0 spiro atoms. The fourth-order valence-corrected chi connectivity index (χ4v) is 4.88. The maximum atomic E-state index is 13.0. The molecule has 1 aliphatic heterocycles. The van der Waals surface area contributed by atoms with Gasteiger partial charge in [0.15, 0.2) is 0 Å². The number of methoxy groups -OCH3 is 1. The number of nitrogens with zero attached hydrogens (tertiary/aromatic N) is 1. The Balaban J connectivity index is 1.87. The minimum absolute atomic E-state index is 0.267. The zero-order valence-corrected chi connectivity index (χ0v) is 19.2. The molecule has 0 saturated carbocycles. The average molecular weight is 447 g/mol. The first-order chi connectivity index (χ1) is 14.7. The molecule has 1 atom stereocenters. The third-order valence-electron chi connectivity index (χ3n) is 5.86. The van der Waals surface area contributed by atoms with Gasteiger partial charge in [0.05, 0.1) is 25.1 Å². The van der Waals surface area contributed by atoms with Gasteiger partial charge in [-0.15, -0.1) is 0 Å². The van der Waals surface area contributed by atoms with Gasteiger partial charge in [-0.25, -0.2) is 8.42 Å². The Kier molecular flexibility index (Phi) is 6.79. The minimum Gasteiger partial charge on any atom is -0.495 e. The number of sulfonamides is 1. The number of amides is 1. The summed E-state index contributed by atoms with van der Waals surface area (Å²) in [7, 11) is -2.25. The number of para-hydroxylation sites is 3. The van der Waals surface area contributed by atoms with Crippen molar-refractivity contribution < 1.29 is 22.7 Å². The number of anilines is 1. The highest BCUT2D eigenvalue weighted by Crippen LogP contribution is 2.42. The van der Waals surface area contributed by atoms with Crippen LogP contribution in [0.3, 0.4) is 0 Å². The molecule has 1 N–H and O–H groups in total. The molecule has 0 bridgehead atoms. The highest BCUT2D eigenvalue weighted by Gasteiger charge is 2.39. The van der Waals surface area contributed by atoms with E-state index >= 15 is 0 Å². The number of carbonyl (C=O) groups is 1. The second-order valence-corrected chi connectivity index (χ2v) is 9.70. The number of hydrogen-bond donors (Lipinski definition) is 1. The minimum atomic E-state index is -3.71. The van der Waals surface area contributed by atoms with Crippen molar-refractivity contribution in [3.8, 4) is 11.5 Å². The van der Waals surface area contributed by atoms with E-state index in [4.69, 9.17) is 9.47 Å². The summed E-state index contributed by atoms with van der Waals surface area (Å²) in [6.07, 6.45) is 3.31. The summed E-state index contributed by atoms with van der Waals surface area (Å²) in [6.45, 7) is 3.80. The molecule has 8 heteroatoms. The van der Waals surface area contributed by atoms with Crippen LogP contribution in [0, 0.1) is 0 Å². The number of rotatable bonds is 8. The van der Waals surface area contributed by atoms with Crippen LogP contribution < -0.4 is 19.1 Å². The van der Waals surface area contributed by atoms with Crippen molar-refractivity contribution in [2.75, 3.05) is 24.2 Å². The van der Waals surface area contributed by atoms with Gasteiger partial charge in [0, 0.05) is 12.0 Å². The van der Waals surface area contributed by atoms with Crippen LogP contribution in [0.1, 0.15) is 44.7 Å². The van der Waals surface area contributed by atoms with E-state index < -0.39 is 10.0 Å². The predicted molar refractivity (Wildman–Crippen MR) is 121 cm³/mol. The van der Waals surface area contributed by atoms with E-state index in [9.17, 15) is 13.2 Å². The average Bonchev–Trinajstić information content (AvgIpc) is 2.76. The van der Waals surface area contributed by atoms with Crippen LogP contribution in [0.2, 0.25) is 0 Å². The lowest BCUT2D eigenvalue weighted by Gasteiger charge is -2.41. The van der Waals surface area contributed by atoms with Crippen LogP contribution >= 0.6 is 0 Å². The SMILES string of the molecule is CCC1(CC)CC(NC(=O)CN(c2ccccc2OC)S(C)(=O)=O)c2ccccc2O1. The van der Waals surface area contributed by atoms with Crippen LogP contribution in [-0.4, -0.2) is 39.8 Å². The van der Waals surface area contributed by atoms with Crippen molar-refractivity contribution in [3.63, 3.8) is 0 Å². The van der Waals surface area contributed by atoms with Gasteiger partial charge in [-0.2, -0.15) is 0 Å². The molecule has 7 nitrogen and oxygen atoms in total. The molecule has 31 heavy (non-hydrogen) atoms. The highest BCUT2D eigenvalue weighted by molar-refractivity contribution is 7.92. The van der Waals surface area contributed by atoms with Crippen molar-refractivity contribution in [3.05, 3.63) is 54.1 Å². The lowest BCUT2D eigenvalue weighted by Crippen LogP contribution is -2.47. The van der Waals surface area contributed by atoms with Crippen LogP contribution in [-0.2, 0) is 14.8 Å². The van der Waals surface area contributed by atoms with Crippen molar-refractivity contribution in [2.24, 2.45) is 0 Å². The second-order valence-electron chi connectivity index (χ2n) is 7.80. The largest absolute Gasteiger partial charge is 0.495 e. The summed E-state index contributed by atoms with van der Waals surface area (Å²) < 4.78 is 37.6. The summed E-state index contributed by atoms with van der Waals surface area (Å²) in [6, 6.07) is 14.1. The molecule has 0 saturated heterocycles. The van der Waals surface area contributed by atoms with Crippen LogP contribution in [0.4, 0.5) is 5.69 Å². The molecule has 168 valence electrons. The molecule has 2 aromatic carbocycles. The normalized spacial score (nSPS) is 17.2. The molecule has 1 unspecified atom stereocenters. The van der Waals surface area contributed by atoms with E-state index in [1.807, 2.05) is 24.3 Å². The third-order valence-corrected chi connectivity index (χ3v) is 6.99. The lowest BCUT2D eigenvalue weighted by atomic mass is 9.83. The molecule has 1 heterocycles. The second kappa shape index (κ2) is 9.18. The van der Waals surface area contributed by atoms with Crippen LogP contribution in [0.25, 0.3) is 0 Å². The zero-order valence-electron chi connectivity index (χ0n) is 18.4. The Morgan fingerprint density at radius 2 is 1.81 bits per heavy atom. The van der Waals surface area contributed by atoms with Gasteiger partial charge in [0.1, 0.15) is 23.6 Å². The Labute approximate surface area is 184 Å². The highest BCUT2D eigenvalue weighted by atomic mass is 32.2. The van der Waals surface area contributed by atoms with Gasteiger partial charge in [0.2, 0.25) is 15.9 Å². The van der Waals surface area contributed by atoms with Gasteiger partial charge < -0.3 is 14.8 Å². The van der Waals surface area contributed by atoms with Gasteiger partial charge in [0.25, 0.3) is 0 Å². The standard InChI is InChI=1S/C23H30N2O5S/c1-5-23(6-2)15-18(17-11-7-9-13-20(17)30-23)24-22(26)16-25(31(4,27)28)19-12-8-10-14-21(19)29-3/h7-14,18H,5-6,15-16H2,1-4H3,(H,24,26). The molecule has 0 aliphatic carbocycles. The number of benzene rings is 2. The summed E-state index contributed by atoms with van der Waals surface area (Å²) in [5, 5.41) is 3.04. The molecular weight excluding hydrogens is 416 g/mol. The summed E-state index contributed by atoms with van der Waals surface area (Å²) in [5.41, 5.74) is 0.855.